The molecule has 0 radical (unpaired) electrons. The third kappa shape index (κ3) is 3.26. The second-order valence-corrected chi connectivity index (χ2v) is 6.53. The molecule has 0 heterocycles. The zero-order valence-corrected chi connectivity index (χ0v) is 10.6. The van der Waals surface area contributed by atoms with Crippen molar-refractivity contribution in [3.8, 4) is 0 Å². The molecule has 0 unspecified atom stereocenters. The summed E-state index contributed by atoms with van der Waals surface area (Å²) in [6.07, 6.45) is 2.27. The molecule has 1 N–H and O–H groups in total. The third-order valence-corrected chi connectivity index (χ3v) is 4.72. The molecule has 0 spiro atoms. The molecule has 3 nitrogen and oxygen atoms in total. The minimum atomic E-state index is -3.30. The van der Waals surface area contributed by atoms with Crippen LogP contribution in [-0.2, 0) is 9.84 Å². The fraction of sp³-hybridized carbons (Fsp3) is 0.500. The Balaban J connectivity index is 2.07. The van der Waals surface area contributed by atoms with E-state index < -0.39 is 15.7 Å². The fourth-order valence-electron chi connectivity index (χ4n) is 1.76. The molecule has 1 aromatic carbocycles. The van der Waals surface area contributed by atoms with Gasteiger partial charge in [-0.25, -0.2) is 12.8 Å². The van der Waals surface area contributed by atoms with Crippen molar-refractivity contribution in [1.82, 2.24) is 5.32 Å². The van der Waals surface area contributed by atoms with Gasteiger partial charge in [0.1, 0.15) is 5.82 Å². The molecule has 17 heavy (non-hydrogen) atoms. The number of nitrogens with one attached hydrogen (secondary N) is 1. The van der Waals surface area contributed by atoms with Gasteiger partial charge in [0.15, 0.2) is 9.84 Å². The van der Waals surface area contributed by atoms with Crippen LogP contribution in [0.25, 0.3) is 0 Å². The van der Waals surface area contributed by atoms with Crippen molar-refractivity contribution >= 4 is 9.84 Å². The van der Waals surface area contributed by atoms with E-state index in [4.69, 9.17) is 0 Å². The maximum atomic E-state index is 12.9. The van der Waals surface area contributed by atoms with Crippen LogP contribution in [0, 0.1) is 12.7 Å². The number of halogens is 1. The zero-order valence-electron chi connectivity index (χ0n) is 9.74. The minimum Gasteiger partial charge on any atom is -0.313 e. The van der Waals surface area contributed by atoms with Crippen molar-refractivity contribution in [2.75, 3.05) is 12.3 Å². The lowest BCUT2D eigenvalue weighted by molar-refractivity contribution is 0.588. The van der Waals surface area contributed by atoms with Crippen LogP contribution in [0.3, 0.4) is 0 Å². The summed E-state index contributed by atoms with van der Waals surface area (Å²) < 4.78 is 36.9. The first-order valence-corrected chi connectivity index (χ1v) is 7.36. The van der Waals surface area contributed by atoms with Gasteiger partial charge in [0.25, 0.3) is 0 Å². The first kappa shape index (κ1) is 12.5. The molecule has 1 saturated carbocycles. The number of hydrogen-bond acceptors (Lipinski definition) is 3. The van der Waals surface area contributed by atoms with Crippen LogP contribution >= 0.6 is 0 Å². The van der Waals surface area contributed by atoms with Crippen LogP contribution in [0.15, 0.2) is 23.1 Å². The standard InChI is InChI=1S/C12H16FNO2S/c1-9-8-10(13)2-5-12(9)17(15,16)7-6-14-11-3-4-11/h2,5,8,11,14H,3-4,6-7H2,1H3. The molecule has 0 bridgehead atoms. The summed E-state index contributed by atoms with van der Waals surface area (Å²) in [5.74, 6) is -0.340. The Morgan fingerprint density at radius 1 is 1.41 bits per heavy atom. The van der Waals surface area contributed by atoms with Crippen LogP contribution < -0.4 is 5.32 Å². The number of hydrogen-bond donors (Lipinski definition) is 1. The Morgan fingerprint density at radius 2 is 2.12 bits per heavy atom. The van der Waals surface area contributed by atoms with Crippen LogP contribution in [-0.4, -0.2) is 26.8 Å². The van der Waals surface area contributed by atoms with Crippen molar-refractivity contribution in [3.05, 3.63) is 29.6 Å². The summed E-state index contributed by atoms with van der Waals surface area (Å²) >= 11 is 0. The van der Waals surface area contributed by atoms with Crippen LogP contribution in [0.5, 0.6) is 0 Å². The van der Waals surface area contributed by atoms with Gasteiger partial charge >= 0.3 is 0 Å². The number of benzene rings is 1. The predicted molar refractivity (Wildman–Crippen MR) is 64.2 cm³/mol. The molecule has 1 aromatic rings. The highest BCUT2D eigenvalue weighted by atomic mass is 32.2. The molecule has 5 heteroatoms. The molecule has 0 aromatic heterocycles. The van der Waals surface area contributed by atoms with E-state index in [0.717, 1.165) is 12.8 Å². The maximum absolute atomic E-state index is 12.9. The number of rotatable bonds is 5. The first-order valence-electron chi connectivity index (χ1n) is 5.71. The van der Waals surface area contributed by atoms with E-state index in [-0.39, 0.29) is 10.6 Å². The van der Waals surface area contributed by atoms with E-state index in [1.807, 2.05) is 0 Å². The molecule has 1 fully saturated rings. The van der Waals surface area contributed by atoms with Gasteiger partial charge in [-0.2, -0.15) is 0 Å². The largest absolute Gasteiger partial charge is 0.313 e. The Hall–Kier alpha value is -0.940. The van der Waals surface area contributed by atoms with E-state index in [2.05, 4.69) is 5.32 Å². The minimum absolute atomic E-state index is 0.0654. The van der Waals surface area contributed by atoms with E-state index in [1.54, 1.807) is 6.92 Å². The Kier molecular flexibility index (Phi) is 3.49. The lowest BCUT2D eigenvalue weighted by Crippen LogP contribution is -2.25. The van der Waals surface area contributed by atoms with Gasteiger partial charge < -0.3 is 5.32 Å². The van der Waals surface area contributed by atoms with Gasteiger partial charge in [0, 0.05) is 12.6 Å². The molecule has 2 rings (SSSR count). The summed E-state index contributed by atoms with van der Waals surface area (Å²) in [5.41, 5.74) is 0.469. The summed E-state index contributed by atoms with van der Waals surface area (Å²) in [6, 6.07) is 4.28. The predicted octanol–water partition coefficient (Wildman–Crippen LogP) is 1.66. The van der Waals surface area contributed by atoms with Crippen molar-refractivity contribution in [2.45, 2.75) is 30.7 Å². The molecule has 1 aliphatic rings. The molecule has 1 aliphatic carbocycles. The Morgan fingerprint density at radius 3 is 2.71 bits per heavy atom. The molecule has 0 amide bonds. The SMILES string of the molecule is Cc1cc(F)ccc1S(=O)(=O)CCNC1CC1. The van der Waals surface area contributed by atoms with Gasteiger partial charge in [0.2, 0.25) is 0 Å². The highest BCUT2D eigenvalue weighted by Gasteiger charge is 2.22. The lowest BCUT2D eigenvalue weighted by atomic mass is 10.2. The summed E-state index contributed by atoms with van der Waals surface area (Å²) in [4.78, 5) is 0.233. The zero-order chi connectivity index (χ0) is 12.5. The van der Waals surface area contributed by atoms with Gasteiger partial charge in [-0.15, -0.1) is 0 Å². The van der Waals surface area contributed by atoms with E-state index in [9.17, 15) is 12.8 Å². The molecule has 94 valence electrons. The van der Waals surface area contributed by atoms with Gasteiger partial charge in [0.05, 0.1) is 10.6 Å². The maximum Gasteiger partial charge on any atom is 0.179 e. The Bertz CT molecular complexity index is 509. The van der Waals surface area contributed by atoms with Crippen molar-refractivity contribution < 1.29 is 12.8 Å². The first-order chi connectivity index (χ1) is 7.99. The van der Waals surface area contributed by atoms with Crippen LogP contribution in [0.1, 0.15) is 18.4 Å². The number of sulfone groups is 1. The summed E-state index contributed by atoms with van der Waals surface area (Å²) in [5, 5.41) is 3.16. The highest BCUT2D eigenvalue weighted by Crippen LogP contribution is 2.20. The van der Waals surface area contributed by atoms with Crippen molar-refractivity contribution in [2.24, 2.45) is 0 Å². The van der Waals surface area contributed by atoms with Crippen molar-refractivity contribution in [3.63, 3.8) is 0 Å². The van der Waals surface area contributed by atoms with E-state index >= 15 is 0 Å². The van der Waals surface area contributed by atoms with Gasteiger partial charge in [-0.1, -0.05) is 0 Å². The third-order valence-electron chi connectivity index (χ3n) is 2.85. The van der Waals surface area contributed by atoms with Gasteiger partial charge in [-0.05, 0) is 43.5 Å². The molecular formula is C12H16FNO2S. The molecule has 0 atom stereocenters. The highest BCUT2D eigenvalue weighted by molar-refractivity contribution is 7.91. The Labute approximate surface area is 101 Å². The lowest BCUT2D eigenvalue weighted by Gasteiger charge is -2.08. The van der Waals surface area contributed by atoms with E-state index in [1.165, 1.54) is 18.2 Å². The van der Waals surface area contributed by atoms with Crippen molar-refractivity contribution in [1.29, 1.82) is 0 Å². The van der Waals surface area contributed by atoms with Crippen LogP contribution in [0.2, 0.25) is 0 Å². The summed E-state index contributed by atoms with van der Waals surface area (Å²) in [7, 11) is -3.30. The quantitative estimate of drug-likeness (QED) is 0.816. The smallest absolute Gasteiger partial charge is 0.179 e. The molecule has 0 saturated heterocycles. The average molecular weight is 257 g/mol. The average Bonchev–Trinajstić information content (AvgIpc) is 3.00. The normalized spacial score (nSPS) is 16.1. The van der Waals surface area contributed by atoms with Gasteiger partial charge in [-0.3, -0.25) is 0 Å². The topological polar surface area (TPSA) is 46.2 Å². The fourth-order valence-corrected chi connectivity index (χ4v) is 3.19. The number of aryl methyl sites for hydroxylation is 1. The molecular weight excluding hydrogens is 241 g/mol. The second-order valence-electron chi connectivity index (χ2n) is 4.46. The second kappa shape index (κ2) is 4.74. The monoisotopic (exact) mass is 257 g/mol. The summed E-state index contributed by atoms with van der Waals surface area (Å²) in [6.45, 7) is 2.08. The molecule has 0 aliphatic heterocycles. The van der Waals surface area contributed by atoms with E-state index in [0.29, 0.717) is 18.2 Å². The van der Waals surface area contributed by atoms with Crippen LogP contribution in [0.4, 0.5) is 4.39 Å².